The molecule has 1 fully saturated rings. The average Bonchev–Trinajstić information content (AvgIpc) is 2.93. The lowest BCUT2D eigenvalue weighted by Crippen LogP contribution is -2.25. The molecule has 1 aromatic rings. The molecule has 5 heteroatoms. The van der Waals surface area contributed by atoms with Crippen molar-refractivity contribution in [1.29, 1.82) is 0 Å². The molecule has 0 spiro atoms. The fourth-order valence-electron chi connectivity index (χ4n) is 3.12. The van der Waals surface area contributed by atoms with Gasteiger partial charge in [0.05, 0.1) is 12.0 Å². The average molecular weight is 334 g/mol. The first-order valence-electron chi connectivity index (χ1n) is 8.55. The van der Waals surface area contributed by atoms with E-state index in [0.717, 1.165) is 36.8 Å². The number of benzene rings is 1. The maximum absolute atomic E-state index is 11.7. The number of hydrogen-bond acceptors (Lipinski definition) is 4. The molecule has 0 bridgehead atoms. The number of carboxylic acids is 1. The highest BCUT2D eigenvalue weighted by atomic mass is 16.7. The molecule has 5 nitrogen and oxygen atoms in total. The van der Waals surface area contributed by atoms with E-state index in [-0.39, 0.29) is 18.1 Å². The summed E-state index contributed by atoms with van der Waals surface area (Å²) in [6.45, 7) is 5.28. The summed E-state index contributed by atoms with van der Waals surface area (Å²) in [6, 6.07) is 7.67. The zero-order valence-electron chi connectivity index (χ0n) is 14.5. The topological polar surface area (TPSA) is 72.8 Å². The predicted molar refractivity (Wildman–Crippen MR) is 90.0 cm³/mol. The molecule has 0 unspecified atom stereocenters. The van der Waals surface area contributed by atoms with Crippen molar-refractivity contribution in [2.75, 3.05) is 0 Å². The molecule has 132 valence electrons. The minimum Gasteiger partial charge on any atom is -0.481 e. The Labute approximate surface area is 143 Å². The summed E-state index contributed by atoms with van der Waals surface area (Å²) in [7, 11) is 0. The van der Waals surface area contributed by atoms with E-state index in [2.05, 4.69) is 0 Å². The largest absolute Gasteiger partial charge is 0.508 e. The lowest BCUT2D eigenvalue weighted by Gasteiger charge is -2.20. The van der Waals surface area contributed by atoms with Gasteiger partial charge in [-0.15, -0.1) is 0 Å². The number of hydrogen-bond donors (Lipinski definition) is 1. The van der Waals surface area contributed by atoms with Crippen LogP contribution in [0.1, 0.15) is 57.1 Å². The maximum atomic E-state index is 11.7. The molecule has 1 saturated carbocycles. The molecular formula is C19H26O5. The fraction of sp³-hybridized carbons (Fsp3) is 0.579. The molecule has 1 aromatic carbocycles. The van der Waals surface area contributed by atoms with Gasteiger partial charge in [0.25, 0.3) is 0 Å². The Balaban J connectivity index is 1.94. The van der Waals surface area contributed by atoms with Crippen LogP contribution in [-0.2, 0) is 20.7 Å². The van der Waals surface area contributed by atoms with Gasteiger partial charge in [-0.2, -0.15) is 0 Å². The van der Waals surface area contributed by atoms with Crippen molar-refractivity contribution in [1.82, 2.24) is 0 Å². The van der Waals surface area contributed by atoms with Gasteiger partial charge in [0, 0.05) is 5.92 Å². The second kappa shape index (κ2) is 8.18. The maximum Gasteiger partial charge on any atom is 0.508 e. The zero-order chi connectivity index (χ0) is 17.7. The monoisotopic (exact) mass is 334 g/mol. The normalized spacial score (nSPS) is 21.5. The Morgan fingerprint density at radius 3 is 2.42 bits per heavy atom. The van der Waals surface area contributed by atoms with Gasteiger partial charge in [0.1, 0.15) is 6.10 Å². The molecule has 0 aliphatic heterocycles. The summed E-state index contributed by atoms with van der Waals surface area (Å²) in [5.74, 6) is -1.05. The Morgan fingerprint density at radius 1 is 1.17 bits per heavy atom. The minimum absolute atomic E-state index is 0.103. The lowest BCUT2D eigenvalue weighted by atomic mass is 9.93. The zero-order valence-corrected chi connectivity index (χ0v) is 14.5. The van der Waals surface area contributed by atoms with E-state index >= 15 is 0 Å². The summed E-state index contributed by atoms with van der Waals surface area (Å²) in [5.41, 5.74) is 1.93. The Kier molecular flexibility index (Phi) is 6.23. The molecule has 0 radical (unpaired) electrons. The van der Waals surface area contributed by atoms with Gasteiger partial charge in [-0.25, -0.2) is 4.79 Å². The molecule has 24 heavy (non-hydrogen) atoms. The van der Waals surface area contributed by atoms with Crippen molar-refractivity contribution in [2.45, 2.75) is 64.6 Å². The molecule has 0 heterocycles. The number of ether oxygens (including phenoxy) is 2. The molecular weight excluding hydrogens is 308 g/mol. The number of carbonyl (C=O) groups excluding carboxylic acids is 1. The van der Waals surface area contributed by atoms with Crippen molar-refractivity contribution >= 4 is 12.1 Å². The van der Waals surface area contributed by atoms with Crippen LogP contribution >= 0.6 is 0 Å². The molecule has 1 aliphatic carbocycles. The van der Waals surface area contributed by atoms with Gasteiger partial charge in [0.15, 0.2) is 0 Å². The smallest absolute Gasteiger partial charge is 0.481 e. The van der Waals surface area contributed by atoms with E-state index in [0.29, 0.717) is 0 Å². The first kappa shape index (κ1) is 18.3. The van der Waals surface area contributed by atoms with E-state index in [1.54, 1.807) is 20.8 Å². The summed E-state index contributed by atoms with van der Waals surface area (Å²) in [6.07, 6.45) is 2.88. The second-order valence-electron chi connectivity index (χ2n) is 6.77. The number of rotatable bonds is 6. The van der Waals surface area contributed by atoms with Crippen molar-refractivity contribution in [3.05, 3.63) is 35.4 Å². The van der Waals surface area contributed by atoms with E-state index < -0.39 is 18.0 Å². The Morgan fingerprint density at radius 2 is 1.83 bits per heavy atom. The molecule has 1 N–H and O–H groups in total. The first-order valence-corrected chi connectivity index (χ1v) is 8.55. The minimum atomic E-state index is -0.823. The molecule has 0 saturated heterocycles. The van der Waals surface area contributed by atoms with Crippen LogP contribution in [0.5, 0.6) is 0 Å². The van der Waals surface area contributed by atoms with Crippen LogP contribution in [0.25, 0.3) is 0 Å². The Hall–Kier alpha value is -2.04. The van der Waals surface area contributed by atoms with Crippen molar-refractivity contribution in [2.24, 2.45) is 5.92 Å². The van der Waals surface area contributed by atoms with Crippen molar-refractivity contribution in [3.8, 4) is 0 Å². The van der Waals surface area contributed by atoms with Gasteiger partial charge >= 0.3 is 12.1 Å². The fourth-order valence-corrected chi connectivity index (χ4v) is 3.12. The van der Waals surface area contributed by atoms with Crippen molar-refractivity contribution in [3.63, 3.8) is 0 Å². The molecule has 3 atom stereocenters. The highest BCUT2D eigenvalue weighted by Crippen LogP contribution is 2.32. The third kappa shape index (κ3) is 4.98. The molecule has 2 rings (SSSR count). The van der Waals surface area contributed by atoms with Crippen LogP contribution in [-0.4, -0.2) is 29.4 Å². The highest BCUT2D eigenvalue weighted by Gasteiger charge is 2.31. The Bertz CT molecular complexity index is 564. The van der Waals surface area contributed by atoms with Crippen LogP contribution in [0, 0.1) is 5.92 Å². The van der Waals surface area contributed by atoms with Gasteiger partial charge in [0.2, 0.25) is 0 Å². The van der Waals surface area contributed by atoms with Crippen LogP contribution in [0.15, 0.2) is 24.3 Å². The summed E-state index contributed by atoms with van der Waals surface area (Å²) in [4.78, 5) is 22.7. The lowest BCUT2D eigenvalue weighted by molar-refractivity contribution is -0.138. The van der Waals surface area contributed by atoms with Gasteiger partial charge < -0.3 is 14.6 Å². The van der Waals surface area contributed by atoms with Gasteiger partial charge in [-0.1, -0.05) is 24.3 Å². The number of carbonyl (C=O) groups is 2. The van der Waals surface area contributed by atoms with E-state index in [1.165, 1.54) is 0 Å². The van der Waals surface area contributed by atoms with E-state index in [1.807, 2.05) is 24.3 Å². The van der Waals surface area contributed by atoms with Crippen LogP contribution in [0.4, 0.5) is 4.79 Å². The molecule has 0 amide bonds. The molecule has 1 aliphatic rings. The number of carboxylic acid groups (broad SMARTS) is 1. The third-order valence-corrected chi connectivity index (χ3v) is 4.52. The van der Waals surface area contributed by atoms with Gasteiger partial charge in [-0.3, -0.25) is 4.79 Å². The van der Waals surface area contributed by atoms with E-state index in [9.17, 15) is 9.59 Å². The summed E-state index contributed by atoms with van der Waals surface area (Å²) >= 11 is 0. The standard InChI is InChI=1S/C19H26O5/c1-12(2)23-19(22)24-17-6-4-5-16(17)11-14-7-9-15(10-8-14)13(3)18(20)21/h7-10,12-13,16-17H,4-6,11H2,1-3H3,(H,20,21)/t13-,16+,17-/m0/s1. The van der Waals surface area contributed by atoms with E-state index in [4.69, 9.17) is 14.6 Å². The quantitative estimate of drug-likeness (QED) is 0.791. The van der Waals surface area contributed by atoms with Crippen LogP contribution in [0.2, 0.25) is 0 Å². The van der Waals surface area contributed by atoms with Crippen LogP contribution in [0.3, 0.4) is 0 Å². The highest BCUT2D eigenvalue weighted by molar-refractivity contribution is 5.75. The second-order valence-corrected chi connectivity index (χ2v) is 6.77. The number of aliphatic carboxylic acids is 1. The summed E-state index contributed by atoms with van der Waals surface area (Å²) in [5, 5.41) is 9.06. The molecule has 0 aromatic heterocycles. The predicted octanol–water partition coefficient (Wildman–Crippen LogP) is 4.15. The SMILES string of the molecule is CC(C)OC(=O)O[C@H]1CCC[C@@H]1Cc1ccc([C@H](C)C(=O)O)cc1. The van der Waals surface area contributed by atoms with Crippen LogP contribution < -0.4 is 0 Å². The summed E-state index contributed by atoms with van der Waals surface area (Å²) < 4.78 is 10.5. The van der Waals surface area contributed by atoms with Crippen molar-refractivity contribution < 1.29 is 24.2 Å². The first-order chi connectivity index (χ1) is 11.4. The third-order valence-electron chi connectivity index (χ3n) is 4.52. The van der Waals surface area contributed by atoms with Gasteiger partial charge in [-0.05, 0) is 57.6 Å².